The van der Waals surface area contributed by atoms with Crippen LogP contribution in [0.1, 0.15) is 52.4 Å². The smallest absolute Gasteiger partial charge is 0.313 e. The average molecular weight is 473 g/mol. The number of rotatable bonds is 5. The fourth-order valence-electron chi connectivity index (χ4n) is 6.86. The topological polar surface area (TPSA) is 96.4 Å². The summed E-state index contributed by atoms with van der Waals surface area (Å²) in [5.74, 6) is -2.35. The van der Waals surface area contributed by atoms with Crippen molar-refractivity contribution < 1.29 is 29.0 Å². The van der Waals surface area contributed by atoms with E-state index >= 15 is 0 Å². The van der Waals surface area contributed by atoms with Crippen molar-refractivity contribution in [3.8, 4) is 0 Å². The lowest BCUT2D eigenvalue weighted by atomic mass is 9.78. The van der Waals surface area contributed by atoms with E-state index in [4.69, 9.17) is 9.47 Å². The van der Waals surface area contributed by atoms with Crippen LogP contribution in [0.4, 0.5) is 0 Å². The van der Waals surface area contributed by atoms with Crippen molar-refractivity contribution in [2.75, 3.05) is 19.8 Å². The van der Waals surface area contributed by atoms with Crippen molar-refractivity contribution in [3.05, 3.63) is 24.3 Å². The minimum absolute atomic E-state index is 0.131. The second kappa shape index (κ2) is 9.11. The van der Waals surface area contributed by atoms with Gasteiger partial charge in [0.05, 0.1) is 24.7 Å². The van der Waals surface area contributed by atoms with Crippen LogP contribution in [0.15, 0.2) is 24.3 Å². The minimum atomic E-state index is -1.25. The van der Waals surface area contributed by atoms with Crippen LogP contribution in [0.5, 0.6) is 0 Å². The molecule has 0 radical (unpaired) electrons. The Kier molecular flexibility index (Phi) is 6.31. The molecule has 2 amide bonds. The first-order valence-electron chi connectivity index (χ1n) is 12.8. The minimum Gasteiger partial charge on any atom is -0.461 e. The van der Waals surface area contributed by atoms with Gasteiger partial charge in [0, 0.05) is 12.6 Å². The average Bonchev–Trinajstić information content (AvgIpc) is 3.12. The maximum Gasteiger partial charge on any atom is 0.313 e. The number of cyclic esters (lactones) is 1. The van der Waals surface area contributed by atoms with E-state index in [2.05, 4.69) is 0 Å². The zero-order valence-electron chi connectivity index (χ0n) is 20.1. The van der Waals surface area contributed by atoms with Crippen LogP contribution in [0, 0.1) is 17.8 Å². The second-order valence-corrected chi connectivity index (χ2v) is 10.8. The number of hydrogen-bond donors (Lipinski definition) is 1. The largest absolute Gasteiger partial charge is 0.461 e. The summed E-state index contributed by atoms with van der Waals surface area (Å²) < 4.78 is 11.9. The Morgan fingerprint density at radius 1 is 1.12 bits per heavy atom. The molecule has 0 bridgehead atoms. The number of ether oxygens (including phenoxy) is 2. The van der Waals surface area contributed by atoms with E-state index in [1.54, 1.807) is 17.1 Å². The molecule has 1 saturated carbocycles. The van der Waals surface area contributed by atoms with Crippen molar-refractivity contribution in [2.24, 2.45) is 17.8 Å². The lowest BCUT2D eigenvalue weighted by Gasteiger charge is -2.41. The standard InChI is InChI=1S/C26H36N2O6/c1-16(2)14-18(15-29)28-22-24(31)27(17-8-4-3-5-9-17)12-7-11-26(22)21(23(28)30)20-19(34-26)10-6-13-33-25(20)32/h6-7,10-11,16-22,29H,3-5,8-9,12-15H2,1-2H3/t18-,19+,20-,21+,22?,26+/m1/s1. The Labute approximate surface area is 200 Å². The molecule has 8 heteroatoms. The monoisotopic (exact) mass is 472 g/mol. The highest BCUT2D eigenvalue weighted by Gasteiger charge is 2.72. The van der Waals surface area contributed by atoms with Gasteiger partial charge in [0.1, 0.15) is 24.2 Å². The van der Waals surface area contributed by atoms with E-state index in [9.17, 15) is 19.5 Å². The molecule has 6 atom stereocenters. The first-order valence-corrected chi connectivity index (χ1v) is 12.8. The molecule has 2 saturated heterocycles. The summed E-state index contributed by atoms with van der Waals surface area (Å²) in [4.78, 5) is 44.8. The van der Waals surface area contributed by atoms with Gasteiger partial charge in [-0.2, -0.15) is 0 Å². The predicted molar refractivity (Wildman–Crippen MR) is 123 cm³/mol. The van der Waals surface area contributed by atoms with Crippen LogP contribution >= 0.6 is 0 Å². The number of carbonyl (C=O) groups is 3. The van der Waals surface area contributed by atoms with Gasteiger partial charge in [0.25, 0.3) is 0 Å². The second-order valence-electron chi connectivity index (χ2n) is 10.8. The number of likely N-dealkylation sites (tertiary alicyclic amines) is 1. The van der Waals surface area contributed by atoms with E-state index in [1.165, 1.54) is 6.42 Å². The summed E-state index contributed by atoms with van der Waals surface area (Å²) in [5.41, 5.74) is -1.25. The Balaban J connectivity index is 1.60. The fraction of sp³-hybridized carbons (Fsp3) is 0.731. The van der Waals surface area contributed by atoms with E-state index < -0.39 is 41.6 Å². The normalized spacial score (nSPS) is 36.8. The fourth-order valence-corrected chi connectivity index (χ4v) is 6.86. The van der Waals surface area contributed by atoms with E-state index in [-0.39, 0.29) is 37.0 Å². The Morgan fingerprint density at radius 3 is 2.59 bits per heavy atom. The lowest BCUT2D eigenvalue weighted by molar-refractivity contribution is -0.156. The van der Waals surface area contributed by atoms with Crippen LogP contribution in [-0.2, 0) is 23.9 Å². The summed E-state index contributed by atoms with van der Waals surface area (Å²) in [6, 6.07) is -1.30. The van der Waals surface area contributed by atoms with E-state index in [0.717, 1.165) is 25.7 Å². The Morgan fingerprint density at radius 2 is 1.88 bits per heavy atom. The molecule has 1 unspecified atom stereocenters. The summed E-state index contributed by atoms with van der Waals surface area (Å²) in [7, 11) is 0. The van der Waals surface area contributed by atoms with Crippen molar-refractivity contribution in [1.29, 1.82) is 0 Å². The first kappa shape index (κ1) is 23.5. The molecule has 0 aromatic heterocycles. The molecule has 5 rings (SSSR count). The van der Waals surface area contributed by atoms with Gasteiger partial charge in [-0.3, -0.25) is 14.4 Å². The summed E-state index contributed by atoms with van der Waals surface area (Å²) >= 11 is 0. The van der Waals surface area contributed by atoms with Crippen LogP contribution < -0.4 is 0 Å². The number of esters is 1. The molecule has 1 aliphatic carbocycles. The molecule has 1 spiro atoms. The van der Waals surface area contributed by atoms with Crippen LogP contribution in [0.3, 0.4) is 0 Å². The SMILES string of the molecule is CC(C)C[C@H](CO)N1C(=O)[C@@H]2[C@@H]3C(=O)OCC=C[C@@H]3O[C@@]23C=CCN(C2CCCCC2)C(=O)C13. The van der Waals surface area contributed by atoms with Gasteiger partial charge in [0.15, 0.2) is 0 Å². The first-order chi connectivity index (χ1) is 16.4. The number of amides is 2. The van der Waals surface area contributed by atoms with Crippen LogP contribution in [0.25, 0.3) is 0 Å². The van der Waals surface area contributed by atoms with Crippen molar-refractivity contribution in [1.82, 2.24) is 9.80 Å². The molecule has 0 aromatic rings. The third kappa shape index (κ3) is 3.61. The zero-order chi connectivity index (χ0) is 24.0. The van der Waals surface area contributed by atoms with Crippen molar-refractivity contribution in [2.45, 2.75) is 82.2 Å². The predicted octanol–water partition coefficient (Wildman–Crippen LogP) is 1.82. The third-order valence-corrected chi connectivity index (χ3v) is 8.25. The summed E-state index contributed by atoms with van der Waals surface area (Å²) in [6.07, 6.45) is 12.5. The van der Waals surface area contributed by atoms with Gasteiger partial charge in [-0.05, 0) is 31.3 Å². The quantitative estimate of drug-likeness (QED) is 0.484. The molecule has 34 heavy (non-hydrogen) atoms. The highest BCUT2D eigenvalue weighted by molar-refractivity contribution is 5.99. The summed E-state index contributed by atoms with van der Waals surface area (Å²) in [5, 5.41) is 10.3. The third-order valence-electron chi connectivity index (χ3n) is 8.25. The van der Waals surface area contributed by atoms with Gasteiger partial charge in [-0.15, -0.1) is 0 Å². The van der Waals surface area contributed by atoms with Gasteiger partial charge in [0.2, 0.25) is 11.8 Å². The number of hydrogen-bond acceptors (Lipinski definition) is 6. The number of fused-ring (bicyclic) bond motifs is 2. The van der Waals surface area contributed by atoms with Gasteiger partial charge in [-0.25, -0.2) is 0 Å². The number of nitrogens with zero attached hydrogens (tertiary/aromatic N) is 2. The highest BCUT2D eigenvalue weighted by atomic mass is 16.6. The van der Waals surface area contributed by atoms with Crippen molar-refractivity contribution in [3.63, 3.8) is 0 Å². The van der Waals surface area contributed by atoms with E-state index in [1.807, 2.05) is 30.9 Å². The Bertz CT molecular complexity index is 894. The maximum atomic E-state index is 14.3. The molecule has 0 aromatic carbocycles. The van der Waals surface area contributed by atoms with Crippen LogP contribution in [0.2, 0.25) is 0 Å². The number of aliphatic hydroxyl groups is 1. The highest BCUT2D eigenvalue weighted by Crippen LogP contribution is 2.54. The van der Waals surface area contributed by atoms with Gasteiger partial charge >= 0.3 is 5.97 Å². The Hall–Kier alpha value is -2.19. The van der Waals surface area contributed by atoms with Gasteiger partial charge < -0.3 is 24.4 Å². The molecular formula is C26H36N2O6. The van der Waals surface area contributed by atoms with E-state index in [0.29, 0.717) is 13.0 Å². The number of aliphatic hydroxyl groups excluding tert-OH is 1. The molecule has 3 fully saturated rings. The molecule has 186 valence electrons. The van der Waals surface area contributed by atoms with Crippen molar-refractivity contribution >= 4 is 17.8 Å². The maximum absolute atomic E-state index is 14.3. The molecule has 4 aliphatic heterocycles. The zero-order valence-corrected chi connectivity index (χ0v) is 20.1. The molecule has 4 heterocycles. The lowest BCUT2D eigenvalue weighted by Crippen LogP contribution is -2.59. The summed E-state index contributed by atoms with van der Waals surface area (Å²) in [6.45, 7) is 4.42. The molecule has 1 N–H and O–H groups in total. The molecule has 5 aliphatic rings. The van der Waals surface area contributed by atoms with Crippen LogP contribution in [-0.4, -0.2) is 82.3 Å². The van der Waals surface area contributed by atoms with Gasteiger partial charge in [-0.1, -0.05) is 51.3 Å². The molecule has 8 nitrogen and oxygen atoms in total. The number of carbonyl (C=O) groups excluding carboxylic acids is 3. The molecular weight excluding hydrogens is 436 g/mol.